The number of aliphatic hydroxyl groups is 1. The van der Waals surface area contributed by atoms with Crippen molar-refractivity contribution in [1.82, 2.24) is 19.4 Å². The average Bonchev–Trinajstić information content (AvgIpc) is 3.18. The molecular formula is C26H36N4O5. The molecular weight excluding hydrogens is 448 g/mol. The van der Waals surface area contributed by atoms with E-state index in [1.54, 1.807) is 31.7 Å². The maximum Gasteiger partial charge on any atom is 0.325 e. The zero-order valence-electron chi connectivity index (χ0n) is 21.4. The molecule has 0 unspecified atom stereocenters. The Balaban J connectivity index is 1.70. The maximum atomic E-state index is 12.2. The van der Waals surface area contributed by atoms with Crippen LogP contribution in [0.4, 0.5) is 0 Å². The van der Waals surface area contributed by atoms with Crippen LogP contribution in [0.2, 0.25) is 0 Å². The molecule has 0 amide bonds. The smallest absolute Gasteiger partial charge is 0.325 e. The molecule has 0 fully saturated rings. The standard InChI is InChI=1S/C26H36N4O5/c1-7-30-22-9-8-20(34-11-10-27-23(18(5)31)26(33)35-15-16(2)3)13-21(22)28-24(30)19-12-17(4)25(32)29(6)14-19/h8-9,12-14,16,18,23,27,31H,7,10-11,15H2,1-6H3/t18-,23+/m1/s1. The van der Waals surface area contributed by atoms with Crippen molar-refractivity contribution in [2.24, 2.45) is 13.0 Å². The molecule has 0 aliphatic carbocycles. The number of ether oxygens (including phenoxy) is 2. The Hall–Kier alpha value is -3.17. The third-order valence-electron chi connectivity index (χ3n) is 5.69. The molecule has 2 N–H and O–H groups in total. The molecule has 2 atom stereocenters. The van der Waals surface area contributed by atoms with E-state index >= 15 is 0 Å². The number of nitrogens with zero attached hydrogens (tertiary/aromatic N) is 3. The molecule has 2 aromatic heterocycles. The molecule has 35 heavy (non-hydrogen) atoms. The van der Waals surface area contributed by atoms with Gasteiger partial charge in [0.1, 0.15) is 24.2 Å². The van der Waals surface area contributed by atoms with Gasteiger partial charge < -0.3 is 23.7 Å². The van der Waals surface area contributed by atoms with E-state index in [9.17, 15) is 14.7 Å². The Morgan fingerprint density at radius 1 is 1.23 bits per heavy atom. The lowest BCUT2D eigenvalue weighted by Gasteiger charge is -2.20. The van der Waals surface area contributed by atoms with Crippen molar-refractivity contribution < 1.29 is 19.4 Å². The van der Waals surface area contributed by atoms with Gasteiger partial charge in [0.15, 0.2) is 0 Å². The summed E-state index contributed by atoms with van der Waals surface area (Å²) < 4.78 is 14.8. The van der Waals surface area contributed by atoms with Crippen molar-refractivity contribution in [3.05, 3.63) is 46.4 Å². The Morgan fingerprint density at radius 2 is 1.97 bits per heavy atom. The normalized spacial score (nSPS) is 13.3. The minimum atomic E-state index is -0.886. The predicted molar refractivity (Wildman–Crippen MR) is 136 cm³/mol. The fraction of sp³-hybridized carbons (Fsp3) is 0.500. The fourth-order valence-corrected chi connectivity index (χ4v) is 3.91. The molecule has 0 aliphatic rings. The first-order valence-electron chi connectivity index (χ1n) is 12.0. The molecule has 0 saturated carbocycles. The Labute approximate surface area is 205 Å². The first-order valence-corrected chi connectivity index (χ1v) is 12.0. The van der Waals surface area contributed by atoms with Crippen LogP contribution in [0.1, 0.15) is 33.3 Å². The summed E-state index contributed by atoms with van der Waals surface area (Å²) in [7, 11) is 1.74. The van der Waals surface area contributed by atoms with Crippen molar-refractivity contribution in [1.29, 1.82) is 0 Å². The van der Waals surface area contributed by atoms with E-state index in [4.69, 9.17) is 14.5 Å². The van der Waals surface area contributed by atoms with Gasteiger partial charge >= 0.3 is 5.97 Å². The van der Waals surface area contributed by atoms with Gasteiger partial charge in [-0.25, -0.2) is 4.98 Å². The second-order valence-electron chi connectivity index (χ2n) is 9.20. The number of hydrogen-bond acceptors (Lipinski definition) is 7. The number of aryl methyl sites for hydroxylation is 3. The molecule has 0 spiro atoms. The number of pyridine rings is 1. The first kappa shape index (κ1) is 26.4. The molecule has 0 saturated heterocycles. The summed E-state index contributed by atoms with van der Waals surface area (Å²) in [6, 6.07) is 6.78. The van der Waals surface area contributed by atoms with Crippen LogP contribution < -0.4 is 15.6 Å². The lowest BCUT2D eigenvalue weighted by molar-refractivity contribution is -0.150. The molecule has 0 aliphatic heterocycles. The second-order valence-corrected chi connectivity index (χ2v) is 9.20. The van der Waals surface area contributed by atoms with Crippen LogP contribution in [0, 0.1) is 12.8 Å². The monoisotopic (exact) mass is 484 g/mol. The zero-order valence-corrected chi connectivity index (χ0v) is 21.4. The number of aliphatic hydroxyl groups excluding tert-OH is 1. The van der Waals surface area contributed by atoms with E-state index in [1.807, 2.05) is 38.1 Å². The number of imidazole rings is 1. The Kier molecular flexibility index (Phi) is 8.69. The highest BCUT2D eigenvalue weighted by atomic mass is 16.5. The van der Waals surface area contributed by atoms with Crippen molar-refractivity contribution in [2.75, 3.05) is 19.8 Å². The summed E-state index contributed by atoms with van der Waals surface area (Å²) in [5.74, 6) is 1.20. The van der Waals surface area contributed by atoms with Crippen LogP contribution in [0.5, 0.6) is 5.75 Å². The van der Waals surface area contributed by atoms with E-state index in [-0.39, 0.29) is 11.5 Å². The number of benzene rings is 1. The summed E-state index contributed by atoms with van der Waals surface area (Å²) in [4.78, 5) is 29.1. The Morgan fingerprint density at radius 3 is 2.60 bits per heavy atom. The first-order chi connectivity index (χ1) is 16.6. The van der Waals surface area contributed by atoms with Gasteiger partial charge in [0.2, 0.25) is 0 Å². The number of carbonyl (C=O) groups is 1. The van der Waals surface area contributed by atoms with E-state index < -0.39 is 18.1 Å². The largest absolute Gasteiger partial charge is 0.492 e. The summed E-state index contributed by atoms with van der Waals surface area (Å²) in [6.45, 7) is 11.0. The SMILES string of the molecule is CCn1c(-c2cc(C)c(=O)n(C)c2)nc2cc(OCCN[C@H](C(=O)OCC(C)C)[C@@H](C)O)ccc21. The van der Waals surface area contributed by atoms with Crippen molar-refractivity contribution in [3.63, 3.8) is 0 Å². The summed E-state index contributed by atoms with van der Waals surface area (Å²) in [6.07, 6.45) is 0.917. The van der Waals surface area contributed by atoms with Crippen LogP contribution >= 0.6 is 0 Å². The molecule has 1 aromatic carbocycles. The predicted octanol–water partition coefficient (Wildman–Crippen LogP) is 2.65. The average molecular weight is 485 g/mol. The van der Waals surface area contributed by atoms with Gasteiger partial charge in [0.05, 0.1) is 23.7 Å². The van der Waals surface area contributed by atoms with Gasteiger partial charge in [-0.15, -0.1) is 0 Å². The van der Waals surface area contributed by atoms with Gasteiger partial charge in [-0.2, -0.15) is 0 Å². The van der Waals surface area contributed by atoms with Gasteiger partial charge in [-0.3, -0.25) is 14.9 Å². The van der Waals surface area contributed by atoms with E-state index in [0.29, 0.717) is 31.1 Å². The van der Waals surface area contributed by atoms with E-state index in [0.717, 1.165) is 29.0 Å². The van der Waals surface area contributed by atoms with Crippen LogP contribution in [0.25, 0.3) is 22.4 Å². The number of fused-ring (bicyclic) bond motifs is 1. The number of carbonyl (C=O) groups excluding carboxylic acids is 1. The Bertz CT molecular complexity index is 1200. The van der Waals surface area contributed by atoms with E-state index in [2.05, 4.69) is 16.8 Å². The lowest BCUT2D eigenvalue weighted by Crippen LogP contribution is -2.47. The third kappa shape index (κ3) is 6.29. The van der Waals surface area contributed by atoms with Crippen molar-refractivity contribution in [3.8, 4) is 17.1 Å². The molecule has 3 rings (SSSR count). The van der Waals surface area contributed by atoms with Crippen LogP contribution in [-0.4, -0.2) is 57.1 Å². The molecule has 9 heteroatoms. The molecule has 2 heterocycles. The summed E-state index contributed by atoms with van der Waals surface area (Å²) in [5.41, 5.74) is 3.28. The van der Waals surface area contributed by atoms with E-state index in [1.165, 1.54) is 0 Å². The number of hydrogen-bond donors (Lipinski definition) is 2. The van der Waals surface area contributed by atoms with Crippen molar-refractivity contribution >= 4 is 17.0 Å². The van der Waals surface area contributed by atoms with Crippen LogP contribution in [-0.2, 0) is 23.1 Å². The van der Waals surface area contributed by atoms with Crippen LogP contribution in [0.15, 0.2) is 35.3 Å². The fourth-order valence-electron chi connectivity index (χ4n) is 3.91. The summed E-state index contributed by atoms with van der Waals surface area (Å²) in [5, 5.41) is 13.0. The molecule has 0 radical (unpaired) electrons. The molecule has 9 nitrogen and oxygen atoms in total. The highest BCUT2D eigenvalue weighted by molar-refractivity contribution is 5.82. The van der Waals surface area contributed by atoms with Gasteiger partial charge in [-0.05, 0) is 44.9 Å². The molecule has 3 aromatic rings. The lowest BCUT2D eigenvalue weighted by atomic mass is 10.2. The van der Waals surface area contributed by atoms with Crippen LogP contribution in [0.3, 0.4) is 0 Å². The second kappa shape index (κ2) is 11.5. The topological polar surface area (TPSA) is 108 Å². The number of esters is 1. The number of rotatable bonds is 11. The molecule has 0 bridgehead atoms. The zero-order chi connectivity index (χ0) is 25.7. The van der Waals surface area contributed by atoms with Gasteiger partial charge in [0.25, 0.3) is 5.56 Å². The van der Waals surface area contributed by atoms with Crippen molar-refractivity contribution in [2.45, 2.75) is 53.3 Å². The minimum absolute atomic E-state index is 0.0248. The number of nitrogens with one attached hydrogen (secondary N) is 1. The third-order valence-corrected chi connectivity index (χ3v) is 5.69. The molecule has 190 valence electrons. The highest BCUT2D eigenvalue weighted by Crippen LogP contribution is 2.27. The number of aromatic nitrogens is 3. The quantitative estimate of drug-likeness (QED) is 0.318. The van der Waals surface area contributed by atoms with Gasteiger partial charge in [-0.1, -0.05) is 13.8 Å². The highest BCUT2D eigenvalue weighted by Gasteiger charge is 2.24. The summed E-state index contributed by atoms with van der Waals surface area (Å²) >= 11 is 0. The van der Waals surface area contributed by atoms with Gasteiger partial charge in [0, 0.05) is 43.5 Å². The minimum Gasteiger partial charge on any atom is -0.492 e. The maximum absolute atomic E-state index is 12.2.